The van der Waals surface area contributed by atoms with Gasteiger partial charge in [0.15, 0.2) is 6.29 Å². The Labute approximate surface area is 109 Å². The van der Waals surface area contributed by atoms with Gasteiger partial charge in [0.1, 0.15) is 0 Å². The molecule has 0 aromatic carbocycles. The van der Waals surface area contributed by atoms with Crippen molar-refractivity contribution in [3.8, 4) is 0 Å². The lowest BCUT2D eigenvalue weighted by Gasteiger charge is -2.27. The Balaban J connectivity index is 2.31. The van der Waals surface area contributed by atoms with Crippen LogP contribution in [0.3, 0.4) is 0 Å². The highest BCUT2D eigenvalue weighted by Crippen LogP contribution is 2.27. The molecule has 0 unspecified atom stereocenters. The Kier molecular flexibility index (Phi) is 6.60. The number of likely N-dealkylation sites (N-methyl/N-ethyl adjacent to an activating group) is 1. The molecule has 1 amide bonds. The third-order valence-corrected chi connectivity index (χ3v) is 3.65. The SMILES string of the molecule is COC(CN(C)C(=O)CC1CCC(O)CC1)OC. The van der Waals surface area contributed by atoms with E-state index in [1.54, 1.807) is 26.2 Å². The molecule has 0 aliphatic heterocycles. The Morgan fingerprint density at radius 1 is 1.28 bits per heavy atom. The molecule has 0 saturated heterocycles. The molecule has 0 atom stereocenters. The maximum atomic E-state index is 12.0. The summed E-state index contributed by atoms with van der Waals surface area (Å²) in [4.78, 5) is 13.7. The summed E-state index contributed by atoms with van der Waals surface area (Å²) in [6.07, 6.45) is 3.55. The molecular formula is C13H25NO4. The number of aliphatic hydroxyl groups is 1. The zero-order valence-corrected chi connectivity index (χ0v) is 11.6. The van der Waals surface area contributed by atoms with E-state index in [-0.39, 0.29) is 18.3 Å². The van der Waals surface area contributed by atoms with Gasteiger partial charge in [-0.1, -0.05) is 0 Å². The minimum absolute atomic E-state index is 0.121. The number of carbonyl (C=O) groups is 1. The molecule has 1 saturated carbocycles. The lowest BCUT2D eigenvalue weighted by atomic mass is 9.85. The van der Waals surface area contributed by atoms with Gasteiger partial charge >= 0.3 is 0 Å². The van der Waals surface area contributed by atoms with Crippen molar-refractivity contribution in [2.24, 2.45) is 5.92 Å². The summed E-state index contributed by atoms with van der Waals surface area (Å²) in [7, 11) is 4.90. The molecular weight excluding hydrogens is 234 g/mol. The van der Waals surface area contributed by atoms with Gasteiger partial charge in [-0.2, -0.15) is 0 Å². The largest absolute Gasteiger partial charge is 0.393 e. The van der Waals surface area contributed by atoms with Crippen molar-refractivity contribution >= 4 is 5.91 Å². The summed E-state index contributed by atoms with van der Waals surface area (Å²) < 4.78 is 10.2. The van der Waals surface area contributed by atoms with E-state index in [2.05, 4.69) is 0 Å². The van der Waals surface area contributed by atoms with Crippen LogP contribution in [0.4, 0.5) is 0 Å². The van der Waals surface area contributed by atoms with Gasteiger partial charge in [0.25, 0.3) is 0 Å². The highest BCUT2D eigenvalue weighted by atomic mass is 16.7. The van der Waals surface area contributed by atoms with Crippen molar-refractivity contribution in [3.63, 3.8) is 0 Å². The third-order valence-electron chi connectivity index (χ3n) is 3.65. The van der Waals surface area contributed by atoms with Crippen LogP contribution in [-0.4, -0.2) is 56.1 Å². The van der Waals surface area contributed by atoms with Crippen molar-refractivity contribution in [2.45, 2.75) is 44.5 Å². The van der Waals surface area contributed by atoms with Crippen LogP contribution in [0.25, 0.3) is 0 Å². The first-order valence-corrected chi connectivity index (χ1v) is 6.54. The summed E-state index contributed by atoms with van der Waals surface area (Å²) >= 11 is 0. The van der Waals surface area contributed by atoms with Crippen LogP contribution in [-0.2, 0) is 14.3 Å². The van der Waals surface area contributed by atoms with Gasteiger partial charge in [-0.25, -0.2) is 0 Å². The van der Waals surface area contributed by atoms with E-state index in [0.717, 1.165) is 25.7 Å². The second-order valence-electron chi connectivity index (χ2n) is 5.05. The Morgan fingerprint density at radius 3 is 2.33 bits per heavy atom. The predicted octanol–water partition coefficient (Wildman–Crippen LogP) is 1.00. The van der Waals surface area contributed by atoms with Gasteiger partial charge in [-0.05, 0) is 31.6 Å². The van der Waals surface area contributed by atoms with E-state index in [1.165, 1.54) is 0 Å². The highest BCUT2D eigenvalue weighted by Gasteiger charge is 2.23. The van der Waals surface area contributed by atoms with Gasteiger partial charge in [0, 0.05) is 27.7 Å². The lowest BCUT2D eigenvalue weighted by molar-refractivity contribution is -0.144. The summed E-state index contributed by atoms with van der Waals surface area (Å²) in [5.41, 5.74) is 0. The number of amides is 1. The summed E-state index contributed by atoms with van der Waals surface area (Å²) in [6.45, 7) is 0.446. The molecule has 5 nitrogen and oxygen atoms in total. The number of hydrogen-bond donors (Lipinski definition) is 1. The topological polar surface area (TPSA) is 59.0 Å². The number of aliphatic hydroxyl groups excluding tert-OH is 1. The number of carbonyl (C=O) groups excluding carboxylic acids is 1. The fraction of sp³-hybridized carbons (Fsp3) is 0.923. The molecule has 5 heteroatoms. The molecule has 18 heavy (non-hydrogen) atoms. The molecule has 1 fully saturated rings. The zero-order valence-electron chi connectivity index (χ0n) is 11.6. The molecule has 106 valence electrons. The Hall–Kier alpha value is -0.650. The van der Waals surface area contributed by atoms with Crippen LogP contribution < -0.4 is 0 Å². The molecule has 1 aliphatic rings. The maximum Gasteiger partial charge on any atom is 0.222 e. The zero-order chi connectivity index (χ0) is 13.5. The minimum Gasteiger partial charge on any atom is -0.393 e. The van der Waals surface area contributed by atoms with Crippen LogP contribution >= 0.6 is 0 Å². The first-order chi connectivity index (χ1) is 8.56. The smallest absolute Gasteiger partial charge is 0.222 e. The summed E-state index contributed by atoms with van der Waals surface area (Å²) in [5, 5.41) is 9.42. The van der Waals surface area contributed by atoms with E-state index in [4.69, 9.17) is 9.47 Å². The highest BCUT2D eigenvalue weighted by molar-refractivity contribution is 5.76. The second kappa shape index (κ2) is 7.71. The van der Waals surface area contributed by atoms with Crippen LogP contribution in [0.5, 0.6) is 0 Å². The Morgan fingerprint density at radius 2 is 1.83 bits per heavy atom. The van der Waals surface area contributed by atoms with E-state index in [9.17, 15) is 9.90 Å². The average Bonchev–Trinajstić information content (AvgIpc) is 2.38. The van der Waals surface area contributed by atoms with Gasteiger partial charge in [0.2, 0.25) is 5.91 Å². The van der Waals surface area contributed by atoms with Crippen molar-refractivity contribution in [1.29, 1.82) is 0 Å². The number of hydrogen-bond acceptors (Lipinski definition) is 4. The van der Waals surface area contributed by atoms with Crippen LogP contribution in [0.15, 0.2) is 0 Å². The molecule has 0 aromatic rings. The third kappa shape index (κ3) is 4.92. The van der Waals surface area contributed by atoms with Crippen molar-refractivity contribution in [3.05, 3.63) is 0 Å². The number of ether oxygens (including phenoxy) is 2. The monoisotopic (exact) mass is 259 g/mol. The van der Waals surface area contributed by atoms with Crippen molar-refractivity contribution < 1.29 is 19.4 Å². The normalized spacial score (nSPS) is 24.3. The molecule has 1 rings (SSSR count). The molecule has 0 aromatic heterocycles. The van der Waals surface area contributed by atoms with Gasteiger partial charge < -0.3 is 19.5 Å². The number of methoxy groups -OCH3 is 2. The van der Waals surface area contributed by atoms with E-state index >= 15 is 0 Å². The van der Waals surface area contributed by atoms with Crippen molar-refractivity contribution in [2.75, 3.05) is 27.8 Å². The van der Waals surface area contributed by atoms with Crippen LogP contribution in [0, 0.1) is 5.92 Å². The summed E-state index contributed by atoms with van der Waals surface area (Å²) in [5.74, 6) is 0.530. The molecule has 1 aliphatic carbocycles. The quantitative estimate of drug-likeness (QED) is 0.723. The molecule has 0 radical (unpaired) electrons. The molecule has 0 heterocycles. The van der Waals surface area contributed by atoms with Crippen LogP contribution in [0.2, 0.25) is 0 Å². The van der Waals surface area contributed by atoms with Gasteiger partial charge in [0.05, 0.1) is 12.6 Å². The predicted molar refractivity (Wildman–Crippen MR) is 68.0 cm³/mol. The standard InChI is InChI=1S/C13H25NO4/c1-14(9-13(17-2)18-3)12(16)8-10-4-6-11(15)7-5-10/h10-11,13,15H,4-9H2,1-3H3. The Bertz CT molecular complexity index is 247. The van der Waals surface area contributed by atoms with Gasteiger partial charge in [-0.15, -0.1) is 0 Å². The maximum absolute atomic E-state index is 12.0. The molecule has 0 bridgehead atoms. The van der Waals surface area contributed by atoms with E-state index < -0.39 is 0 Å². The second-order valence-corrected chi connectivity index (χ2v) is 5.05. The summed E-state index contributed by atoms with van der Waals surface area (Å²) in [6, 6.07) is 0. The van der Waals surface area contributed by atoms with Crippen molar-refractivity contribution in [1.82, 2.24) is 4.90 Å². The average molecular weight is 259 g/mol. The lowest BCUT2D eigenvalue weighted by Crippen LogP contribution is -2.37. The molecule has 1 N–H and O–H groups in total. The molecule has 0 spiro atoms. The van der Waals surface area contributed by atoms with Crippen LogP contribution in [0.1, 0.15) is 32.1 Å². The number of rotatable bonds is 6. The van der Waals surface area contributed by atoms with E-state index in [1.807, 2.05) is 0 Å². The minimum atomic E-state index is -0.368. The van der Waals surface area contributed by atoms with Gasteiger partial charge in [-0.3, -0.25) is 4.79 Å². The number of nitrogens with zero attached hydrogens (tertiary/aromatic N) is 1. The fourth-order valence-electron chi connectivity index (χ4n) is 2.32. The first-order valence-electron chi connectivity index (χ1n) is 6.54. The fourth-order valence-corrected chi connectivity index (χ4v) is 2.32. The first kappa shape index (κ1) is 15.4. The van der Waals surface area contributed by atoms with E-state index in [0.29, 0.717) is 18.9 Å².